The molecule has 5 nitrogen and oxygen atoms in total. The van der Waals surface area contributed by atoms with Gasteiger partial charge in [0.05, 0.1) is 0 Å². The zero-order valence-corrected chi connectivity index (χ0v) is 11.9. The lowest BCUT2D eigenvalue weighted by molar-refractivity contribution is 0.0795. The second kappa shape index (κ2) is 5.71. The molecule has 0 unspecified atom stereocenters. The van der Waals surface area contributed by atoms with Gasteiger partial charge in [0.15, 0.2) is 0 Å². The summed E-state index contributed by atoms with van der Waals surface area (Å²) in [6.45, 7) is 5.83. The van der Waals surface area contributed by atoms with Crippen molar-refractivity contribution in [1.82, 2.24) is 15.2 Å². The van der Waals surface area contributed by atoms with Gasteiger partial charge in [-0.15, -0.1) is 10.2 Å². The van der Waals surface area contributed by atoms with E-state index < -0.39 is 0 Å². The SMILES string of the molecule is CC(C)c1ccc(-c2nnc(C3CCOCC3)o2)nc1. The molecular formula is C15H19N3O2. The van der Waals surface area contributed by atoms with E-state index in [9.17, 15) is 0 Å². The molecule has 3 heterocycles. The van der Waals surface area contributed by atoms with E-state index in [4.69, 9.17) is 9.15 Å². The molecule has 0 aromatic carbocycles. The molecule has 0 radical (unpaired) electrons. The van der Waals surface area contributed by atoms with E-state index in [1.54, 1.807) is 0 Å². The maximum atomic E-state index is 5.77. The Bertz CT molecular complexity index is 557. The Morgan fingerprint density at radius 3 is 2.60 bits per heavy atom. The number of rotatable bonds is 3. The van der Waals surface area contributed by atoms with E-state index in [-0.39, 0.29) is 0 Å². The lowest BCUT2D eigenvalue weighted by Crippen LogP contribution is -2.14. The van der Waals surface area contributed by atoms with E-state index in [2.05, 4.69) is 35.1 Å². The zero-order valence-electron chi connectivity index (χ0n) is 11.9. The van der Waals surface area contributed by atoms with Crippen LogP contribution in [-0.4, -0.2) is 28.4 Å². The van der Waals surface area contributed by atoms with Gasteiger partial charge in [0.2, 0.25) is 5.89 Å². The Balaban J connectivity index is 1.78. The third kappa shape index (κ3) is 2.72. The predicted octanol–water partition coefficient (Wildman–Crippen LogP) is 3.15. The highest BCUT2D eigenvalue weighted by Crippen LogP contribution is 2.28. The van der Waals surface area contributed by atoms with Gasteiger partial charge in [0.25, 0.3) is 5.89 Å². The monoisotopic (exact) mass is 273 g/mol. The normalized spacial score (nSPS) is 16.8. The highest BCUT2D eigenvalue weighted by atomic mass is 16.5. The van der Waals surface area contributed by atoms with Crippen LogP contribution < -0.4 is 0 Å². The minimum Gasteiger partial charge on any atom is -0.419 e. The van der Waals surface area contributed by atoms with Gasteiger partial charge in [-0.25, -0.2) is 0 Å². The van der Waals surface area contributed by atoms with Gasteiger partial charge in [-0.1, -0.05) is 19.9 Å². The van der Waals surface area contributed by atoms with Gasteiger partial charge in [-0.05, 0) is 30.4 Å². The molecule has 0 spiro atoms. The molecule has 2 aromatic heterocycles. The zero-order chi connectivity index (χ0) is 13.9. The third-order valence-electron chi connectivity index (χ3n) is 3.68. The molecular weight excluding hydrogens is 254 g/mol. The number of aromatic nitrogens is 3. The van der Waals surface area contributed by atoms with Gasteiger partial charge in [-0.3, -0.25) is 4.98 Å². The Hall–Kier alpha value is -1.75. The Morgan fingerprint density at radius 2 is 1.95 bits per heavy atom. The lowest BCUT2D eigenvalue weighted by atomic mass is 10.0. The van der Waals surface area contributed by atoms with Crippen molar-refractivity contribution in [2.75, 3.05) is 13.2 Å². The quantitative estimate of drug-likeness (QED) is 0.859. The van der Waals surface area contributed by atoms with Crippen molar-refractivity contribution >= 4 is 0 Å². The molecule has 106 valence electrons. The van der Waals surface area contributed by atoms with E-state index >= 15 is 0 Å². The van der Waals surface area contributed by atoms with Crippen molar-refractivity contribution in [2.45, 2.75) is 38.5 Å². The van der Waals surface area contributed by atoms with Gasteiger partial charge in [0, 0.05) is 25.3 Å². The van der Waals surface area contributed by atoms with Crippen LogP contribution in [-0.2, 0) is 4.74 Å². The molecule has 1 aliphatic heterocycles. The van der Waals surface area contributed by atoms with Crippen LogP contribution in [0.15, 0.2) is 22.7 Å². The van der Waals surface area contributed by atoms with Crippen LogP contribution >= 0.6 is 0 Å². The number of hydrogen-bond donors (Lipinski definition) is 0. The first-order valence-corrected chi connectivity index (χ1v) is 7.11. The van der Waals surface area contributed by atoms with E-state index in [1.807, 2.05) is 12.3 Å². The van der Waals surface area contributed by atoms with Crippen molar-refractivity contribution in [3.05, 3.63) is 29.8 Å². The van der Waals surface area contributed by atoms with Crippen LogP contribution in [0.5, 0.6) is 0 Å². The highest BCUT2D eigenvalue weighted by Gasteiger charge is 2.22. The van der Waals surface area contributed by atoms with Crippen molar-refractivity contribution in [3.8, 4) is 11.6 Å². The standard InChI is InChI=1S/C15H19N3O2/c1-10(2)12-3-4-13(16-9-12)15-18-17-14(20-15)11-5-7-19-8-6-11/h3-4,9-11H,5-8H2,1-2H3. The number of pyridine rings is 1. The van der Waals surface area contributed by atoms with Crippen LogP contribution in [0.2, 0.25) is 0 Å². The lowest BCUT2D eigenvalue weighted by Gasteiger charge is -2.18. The van der Waals surface area contributed by atoms with Gasteiger partial charge < -0.3 is 9.15 Å². The van der Waals surface area contributed by atoms with Gasteiger partial charge in [0.1, 0.15) is 5.69 Å². The van der Waals surface area contributed by atoms with Crippen LogP contribution in [0.1, 0.15) is 50.0 Å². The average molecular weight is 273 g/mol. The number of hydrogen-bond acceptors (Lipinski definition) is 5. The molecule has 1 aliphatic rings. The smallest absolute Gasteiger partial charge is 0.266 e. The summed E-state index contributed by atoms with van der Waals surface area (Å²) in [4.78, 5) is 4.41. The molecule has 0 amide bonds. The Labute approximate surface area is 118 Å². The first-order chi connectivity index (χ1) is 9.74. The number of nitrogens with zero attached hydrogens (tertiary/aromatic N) is 3. The molecule has 0 aliphatic carbocycles. The van der Waals surface area contributed by atoms with E-state index in [0.717, 1.165) is 31.7 Å². The summed E-state index contributed by atoms with van der Waals surface area (Å²) >= 11 is 0. The van der Waals surface area contributed by atoms with Crippen molar-refractivity contribution in [2.24, 2.45) is 0 Å². The molecule has 1 saturated heterocycles. The Kier molecular flexibility index (Phi) is 3.78. The fourth-order valence-electron chi connectivity index (χ4n) is 2.32. The van der Waals surface area contributed by atoms with Gasteiger partial charge in [-0.2, -0.15) is 0 Å². The largest absolute Gasteiger partial charge is 0.419 e. The van der Waals surface area contributed by atoms with E-state index in [1.165, 1.54) is 5.56 Å². The van der Waals surface area contributed by atoms with Crippen LogP contribution in [0.25, 0.3) is 11.6 Å². The molecule has 0 saturated carbocycles. The van der Waals surface area contributed by atoms with Crippen molar-refractivity contribution in [1.29, 1.82) is 0 Å². The average Bonchev–Trinajstić information content (AvgIpc) is 2.98. The first-order valence-electron chi connectivity index (χ1n) is 7.11. The fraction of sp³-hybridized carbons (Fsp3) is 0.533. The summed E-state index contributed by atoms with van der Waals surface area (Å²) in [5, 5.41) is 8.28. The summed E-state index contributed by atoms with van der Waals surface area (Å²) in [7, 11) is 0. The molecule has 0 N–H and O–H groups in total. The summed E-state index contributed by atoms with van der Waals surface area (Å²) in [6.07, 6.45) is 3.76. The second-order valence-corrected chi connectivity index (χ2v) is 5.46. The van der Waals surface area contributed by atoms with Gasteiger partial charge >= 0.3 is 0 Å². The minimum absolute atomic E-state index is 0.319. The summed E-state index contributed by atoms with van der Waals surface area (Å²) in [5.74, 6) is 2.00. The Morgan fingerprint density at radius 1 is 1.15 bits per heavy atom. The van der Waals surface area contributed by atoms with Crippen LogP contribution in [0, 0.1) is 0 Å². The van der Waals surface area contributed by atoms with E-state index in [0.29, 0.717) is 23.6 Å². The van der Waals surface area contributed by atoms with Crippen LogP contribution in [0.4, 0.5) is 0 Å². The van der Waals surface area contributed by atoms with Crippen molar-refractivity contribution in [3.63, 3.8) is 0 Å². The minimum atomic E-state index is 0.319. The third-order valence-corrected chi connectivity index (χ3v) is 3.68. The maximum absolute atomic E-state index is 5.77. The molecule has 1 fully saturated rings. The molecule has 2 aromatic rings. The molecule has 3 rings (SSSR count). The summed E-state index contributed by atoms with van der Waals surface area (Å²) < 4.78 is 11.1. The molecule has 0 bridgehead atoms. The predicted molar refractivity (Wildman–Crippen MR) is 74.4 cm³/mol. The summed E-state index contributed by atoms with van der Waals surface area (Å²) in [5.41, 5.74) is 1.94. The topological polar surface area (TPSA) is 61.0 Å². The molecule has 5 heteroatoms. The first kappa shape index (κ1) is 13.2. The van der Waals surface area contributed by atoms with Crippen molar-refractivity contribution < 1.29 is 9.15 Å². The molecule has 20 heavy (non-hydrogen) atoms. The highest BCUT2D eigenvalue weighted by molar-refractivity contribution is 5.46. The molecule has 0 atom stereocenters. The second-order valence-electron chi connectivity index (χ2n) is 5.46. The van der Waals surface area contributed by atoms with Crippen LogP contribution in [0.3, 0.4) is 0 Å². The fourth-order valence-corrected chi connectivity index (χ4v) is 2.32. The number of ether oxygens (including phenoxy) is 1. The summed E-state index contributed by atoms with van der Waals surface area (Å²) in [6, 6.07) is 4.00. The maximum Gasteiger partial charge on any atom is 0.266 e.